The van der Waals surface area contributed by atoms with Gasteiger partial charge in [-0.3, -0.25) is 13.9 Å². The second kappa shape index (κ2) is 12.2. The highest BCUT2D eigenvalue weighted by molar-refractivity contribution is 7.52. The van der Waals surface area contributed by atoms with Crippen molar-refractivity contribution in [1.29, 1.82) is 0 Å². The van der Waals surface area contributed by atoms with Crippen LogP contribution in [0.1, 0.15) is 39.8 Å². The first-order chi connectivity index (χ1) is 20.0. The van der Waals surface area contributed by atoms with E-state index in [0.717, 1.165) is 10.8 Å². The number of esters is 1. The standard InChI is InChI=1S/C28H36N7O6P/c1-17(2)39-27(36)18(3)33-42(37,41-22-12-8-10-19-9-6-7-11-21(19)22)38-15-20-13-14-23(40-20)35-16-30-24-25(34(4)5)31-28(29)32-26(24)35/h6-12,16-18,20,23H,13-15H2,1-5H3,(H,33,37)(H2,29,31,32)/t18-,20-,23+,42-/m0/s1. The van der Waals surface area contributed by atoms with Crippen molar-refractivity contribution in [3.8, 4) is 5.75 Å². The maximum absolute atomic E-state index is 14.1. The number of nitrogens with two attached hydrogens (primary N) is 1. The van der Waals surface area contributed by atoms with E-state index in [-0.39, 0.29) is 24.9 Å². The molecule has 14 heteroatoms. The summed E-state index contributed by atoms with van der Waals surface area (Å²) in [5.41, 5.74) is 7.13. The average molecular weight is 598 g/mol. The zero-order valence-corrected chi connectivity index (χ0v) is 25.2. The number of carbonyl (C=O) groups is 1. The molecule has 1 aliphatic rings. The number of benzene rings is 2. The molecule has 0 spiro atoms. The summed E-state index contributed by atoms with van der Waals surface area (Å²) in [7, 11) is -0.374. The molecule has 1 saturated heterocycles. The number of aromatic nitrogens is 4. The molecule has 13 nitrogen and oxygen atoms in total. The highest BCUT2D eigenvalue weighted by atomic mass is 31.2. The van der Waals surface area contributed by atoms with Crippen molar-refractivity contribution in [2.75, 3.05) is 31.3 Å². The van der Waals surface area contributed by atoms with Crippen LogP contribution in [0.4, 0.5) is 11.8 Å². The van der Waals surface area contributed by atoms with Gasteiger partial charge in [0, 0.05) is 19.5 Å². The molecule has 4 aromatic rings. The molecule has 1 aliphatic heterocycles. The third-order valence-corrected chi connectivity index (χ3v) is 8.32. The fourth-order valence-electron chi connectivity index (χ4n) is 4.75. The van der Waals surface area contributed by atoms with Gasteiger partial charge in [-0.15, -0.1) is 0 Å². The molecule has 42 heavy (non-hydrogen) atoms. The Labute approximate surface area is 243 Å². The molecule has 3 N–H and O–H groups in total. The van der Waals surface area contributed by atoms with Gasteiger partial charge in [-0.25, -0.2) is 9.55 Å². The molecule has 2 aromatic heterocycles. The van der Waals surface area contributed by atoms with Crippen molar-refractivity contribution in [1.82, 2.24) is 24.6 Å². The maximum Gasteiger partial charge on any atom is 0.459 e. The normalized spacial score (nSPS) is 19.2. The molecule has 0 bridgehead atoms. The molecule has 0 unspecified atom stereocenters. The van der Waals surface area contributed by atoms with Crippen LogP contribution < -0.4 is 20.2 Å². The van der Waals surface area contributed by atoms with Crippen LogP contribution in [0.5, 0.6) is 5.75 Å². The minimum absolute atomic E-state index is 0.0514. The molecule has 0 amide bonds. The van der Waals surface area contributed by atoms with Gasteiger partial charge in [0.15, 0.2) is 17.0 Å². The number of rotatable bonds is 11. The summed E-state index contributed by atoms with van der Waals surface area (Å²) in [5.74, 6) is 0.528. The van der Waals surface area contributed by atoms with Crippen molar-refractivity contribution in [3.05, 3.63) is 48.8 Å². The molecule has 224 valence electrons. The summed E-state index contributed by atoms with van der Waals surface area (Å²) >= 11 is 0. The van der Waals surface area contributed by atoms with E-state index in [2.05, 4.69) is 20.0 Å². The van der Waals surface area contributed by atoms with E-state index < -0.39 is 25.9 Å². The summed E-state index contributed by atoms with van der Waals surface area (Å²) in [4.78, 5) is 27.5. The van der Waals surface area contributed by atoms with E-state index in [1.807, 2.05) is 53.9 Å². The molecule has 3 heterocycles. The first-order valence-corrected chi connectivity index (χ1v) is 15.3. The fraction of sp³-hybridized carbons (Fsp3) is 0.429. The maximum atomic E-state index is 14.1. The Balaban J connectivity index is 1.33. The predicted octanol–water partition coefficient (Wildman–Crippen LogP) is 4.44. The lowest BCUT2D eigenvalue weighted by Gasteiger charge is -2.25. The molecule has 0 aliphatic carbocycles. The van der Waals surface area contributed by atoms with Crippen LogP contribution in [0.25, 0.3) is 21.9 Å². The van der Waals surface area contributed by atoms with Gasteiger partial charge >= 0.3 is 13.7 Å². The zero-order chi connectivity index (χ0) is 30.0. The lowest BCUT2D eigenvalue weighted by Crippen LogP contribution is -2.36. The summed E-state index contributed by atoms with van der Waals surface area (Å²) in [6.45, 7) is 4.98. The highest BCUT2D eigenvalue weighted by Crippen LogP contribution is 2.47. The van der Waals surface area contributed by atoms with E-state index in [9.17, 15) is 9.36 Å². The van der Waals surface area contributed by atoms with Gasteiger partial charge in [0.2, 0.25) is 5.95 Å². The van der Waals surface area contributed by atoms with Crippen LogP contribution in [-0.4, -0.2) is 64.4 Å². The van der Waals surface area contributed by atoms with Crippen LogP contribution in [-0.2, 0) is 23.4 Å². The zero-order valence-electron chi connectivity index (χ0n) is 24.3. The summed E-state index contributed by atoms with van der Waals surface area (Å²) in [6.07, 6.45) is 1.77. The van der Waals surface area contributed by atoms with Gasteiger partial charge in [0.1, 0.15) is 18.0 Å². The Morgan fingerprint density at radius 2 is 1.93 bits per heavy atom. The number of nitrogen functional groups attached to an aromatic ring is 1. The van der Waals surface area contributed by atoms with Crippen molar-refractivity contribution < 1.29 is 27.9 Å². The quantitative estimate of drug-likeness (QED) is 0.185. The lowest BCUT2D eigenvalue weighted by atomic mass is 10.1. The molecule has 4 atom stereocenters. The smallest absolute Gasteiger partial charge is 0.459 e. The molecular weight excluding hydrogens is 561 g/mol. The highest BCUT2D eigenvalue weighted by Gasteiger charge is 2.36. The first kappa shape index (κ1) is 29.7. The number of anilines is 2. The van der Waals surface area contributed by atoms with E-state index in [0.29, 0.717) is 35.6 Å². The number of carbonyl (C=O) groups excluding carboxylic acids is 1. The Hall–Kier alpha value is -3.77. The van der Waals surface area contributed by atoms with Crippen molar-refractivity contribution in [2.45, 2.75) is 58.1 Å². The SMILES string of the molecule is CC(C)OC(=O)[C@H](C)N[P@](=O)(OC[C@@H]1CC[C@H](n2cnc3c(N(C)C)nc(N)nc32)O1)Oc1cccc2ccccc12. The van der Waals surface area contributed by atoms with Gasteiger partial charge in [-0.2, -0.15) is 15.1 Å². The number of hydrogen-bond acceptors (Lipinski definition) is 11. The van der Waals surface area contributed by atoms with Gasteiger partial charge < -0.3 is 24.6 Å². The second-order valence-electron chi connectivity index (χ2n) is 10.6. The van der Waals surface area contributed by atoms with Crippen molar-refractivity contribution in [3.63, 3.8) is 0 Å². The number of nitrogens with one attached hydrogen (secondary N) is 1. The van der Waals surface area contributed by atoms with Crippen LogP contribution in [0, 0.1) is 0 Å². The second-order valence-corrected chi connectivity index (χ2v) is 12.3. The van der Waals surface area contributed by atoms with Crippen molar-refractivity contribution in [2.24, 2.45) is 0 Å². The molecule has 0 radical (unpaired) electrons. The van der Waals surface area contributed by atoms with Gasteiger partial charge in [0.25, 0.3) is 0 Å². The van der Waals surface area contributed by atoms with Crippen LogP contribution in [0.2, 0.25) is 0 Å². The first-order valence-electron chi connectivity index (χ1n) is 13.8. The Bertz CT molecular complexity index is 1620. The van der Waals surface area contributed by atoms with Gasteiger partial charge in [0.05, 0.1) is 25.1 Å². The Kier molecular flexibility index (Phi) is 8.65. The summed E-state index contributed by atoms with van der Waals surface area (Å²) in [5, 5.41) is 4.41. The summed E-state index contributed by atoms with van der Waals surface area (Å²) in [6, 6.07) is 12.0. The lowest BCUT2D eigenvalue weighted by molar-refractivity contribution is -0.149. The monoisotopic (exact) mass is 597 g/mol. The molecule has 2 aromatic carbocycles. The van der Waals surface area contributed by atoms with Gasteiger partial charge in [-0.1, -0.05) is 36.4 Å². The number of imidazole rings is 1. The van der Waals surface area contributed by atoms with Gasteiger partial charge in [-0.05, 0) is 45.1 Å². The number of hydrogen-bond donors (Lipinski definition) is 2. The van der Waals surface area contributed by atoms with Crippen LogP contribution >= 0.6 is 7.75 Å². The molecule has 0 saturated carbocycles. The number of ether oxygens (including phenoxy) is 2. The van der Waals surface area contributed by atoms with E-state index in [1.54, 1.807) is 39.2 Å². The van der Waals surface area contributed by atoms with Crippen LogP contribution in [0.3, 0.4) is 0 Å². The van der Waals surface area contributed by atoms with Crippen molar-refractivity contribution >= 4 is 47.4 Å². The largest absolute Gasteiger partial charge is 0.462 e. The molecular formula is C28H36N7O6P. The number of fused-ring (bicyclic) bond motifs is 2. The average Bonchev–Trinajstić information content (AvgIpc) is 3.58. The summed E-state index contributed by atoms with van der Waals surface area (Å²) < 4.78 is 39.4. The van der Waals surface area contributed by atoms with E-state index >= 15 is 0 Å². The van der Waals surface area contributed by atoms with E-state index in [1.165, 1.54) is 0 Å². The van der Waals surface area contributed by atoms with E-state index in [4.69, 9.17) is 24.3 Å². The van der Waals surface area contributed by atoms with Crippen LogP contribution in [0.15, 0.2) is 48.8 Å². The Morgan fingerprint density at radius 1 is 1.17 bits per heavy atom. The topological polar surface area (TPSA) is 156 Å². The fourth-order valence-corrected chi connectivity index (χ4v) is 6.30. The predicted molar refractivity (Wildman–Crippen MR) is 159 cm³/mol. The third-order valence-electron chi connectivity index (χ3n) is 6.70. The molecule has 1 fully saturated rings. The number of nitrogens with zero attached hydrogens (tertiary/aromatic N) is 5. The Morgan fingerprint density at radius 3 is 2.69 bits per heavy atom. The molecule has 5 rings (SSSR count). The minimum Gasteiger partial charge on any atom is -0.462 e. The third kappa shape index (κ3) is 6.49. The minimum atomic E-state index is -4.09.